The third-order valence-corrected chi connectivity index (χ3v) is 1.40. The summed E-state index contributed by atoms with van der Waals surface area (Å²) in [6.45, 7) is 1.43. The van der Waals surface area contributed by atoms with Gasteiger partial charge in [0.15, 0.2) is 6.10 Å². The maximum Gasteiger partial charge on any atom is 0.339 e. The van der Waals surface area contributed by atoms with Crippen LogP contribution in [0.25, 0.3) is 0 Å². The number of carbonyl (C=O) groups excluding carboxylic acids is 2. The highest BCUT2D eigenvalue weighted by Crippen LogP contribution is 2.03. The van der Waals surface area contributed by atoms with Gasteiger partial charge in [-0.3, -0.25) is 0 Å². The summed E-state index contributed by atoms with van der Waals surface area (Å²) in [7, 11) is 2.35. The van der Waals surface area contributed by atoms with E-state index in [0.29, 0.717) is 0 Å². The molecule has 0 radical (unpaired) electrons. The molecule has 74 valence electrons. The summed E-state index contributed by atoms with van der Waals surface area (Å²) in [5.41, 5.74) is 0.179. The lowest BCUT2D eigenvalue weighted by Gasteiger charge is -2.07. The first-order valence-corrected chi connectivity index (χ1v) is 3.55. The minimum absolute atomic E-state index is 0.179. The van der Waals surface area contributed by atoms with Crippen LogP contribution in [-0.4, -0.2) is 37.4 Å². The van der Waals surface area contributed by atoms with Gasteiger partial charge in [-0.25, -0.2) is 9.59 Å². The molecule has 0 aliphatic rings. The standard InChI is InChI=1S/C8H12O5/c1-5(4-6(9)12-2)7(10)8(11)13-3/h4,7,10H,1-3H3. The number of hydrogen-bond acceptors (Lipinski definition) is 5. The minimum Gasteiger partial charge on any atom is -0.467 e. The lowest BCUT2D eigenvalue weighted by atomic mass is 10.1. The Labute approximate surface area is 75.9 Å². The van der Waals surface area contributed by atoms with Crippen LogP contribution in [0.3, 0.4) is 0 Å². The average molecular weight is 188 g/mol. The molecule has 1 unspecified atom stereocenters. The van der Waals surface area contributed by atoms with Gasteiger partial charge in [-0.1, -0.05) is 0 Å². The molecule has 0 aromatic rings. The van der Waals surface area contributed by atoms with Crippen molar-refractivity contribution in [3.05, 3.63) is 11.6 Å². The molecule has 0 rings (SSSR count). The predicted molar refractivity (Wildman–Crippen MR) is 43.8 cm³/mol. The first kappa shape index (κ1) is 11.6. The van der Waals surface area contributed by atoms with Crippen molar-refractivity contribution in [2.45, 2.75) is 13.0 Å². The molecular weight excluding hydrogens is 176 g/mol. The van der Waals surface area contributed by atoms with Gasteiger partial charge in [0.25, 0.3) is 0 Å². The van der Waals surface area contributed by atoms with E-state index in [2.05, 4.69) is 9.47 Å². The number of rotatable bonds is 3. The summed E-state index contributed by atoms with van der Waals surface area (Å²) >= 11 is 0. The van der Waals surface area contributed by atoms with Crippen LogP contribution in [0.15, 0.2) is 11.6 Å². The minimum atomic E-state index is -1.41. The Hall–Kier alpha value is -1.36. The lowest BCUT2D eigenvalue weighted by Crippen LogP contribution is -2.23. The molecule has 0 aliphatic heterocycles. The molecule has 5 heteroatoms. The van der Waals surface area contributed by atoms with Crippen molar-refractivity contribution in [1.29, 1.82) is 0 Å². The van der Waals surface area contributed by atoms with E-state index >= 15 is 0 Å². The summed E-state index contributed by atoms with van der Waals surface area (Å²) in [4.78, 5) is 21.4. The van der Waals surface area contributed by atoms with Crippen LogP contribution in [0.5, 0.6) is 0 Å². The second-order valence-electron chi connectivity index (χ2n) is 2.34. The smallest absolute Gasteiger partial charge is 0.339 e. The molecule has 0 amide bonds. The van der Waals surface area contributed by atoms with Crippen LogP contribution in [-0.2, 0) is 19.1 Å². The Balaban J connectivity index is 4.40. The van der Waals surface area contributed by atoms with Crippen molar-refractivity contribution in [3.8, 4) is 0 Å². The zero-order valence-electron chi connectivity index (χ0n) is 7.73. The van der Waals surface area contributed by atoms with Crippen molar-refractivity contribution in [3.63, 3.8) is 0 Å². The Bertz CT molecular complexity index is 231. The van der Waals surface area contributed by atoms with Crippen LogP contribution in [0.2, 0.25) is 0 Å². The van der Waals surface area contributed by atoms with Crippen molar-refractivity contribution in [2.75, 3.05) is 14.2 Å². The highest BCUT2D eigenvalue weighted by atomic mass is 16.5. The largest absolute Gasteiger partial charge is 0.467 e. The lowest BCUT2D eigenvalue weighted by molar-refractivity contribution is -0.148. The van der Waals surface area contributed by atoms with Gasteiger partial charge in [-0.15, -0.1) is 0 Å². The number of methoxy groups -OCH3 is 2. The first-order valence-electron chi connectivity index (χ1n) is 3.55. The van der Waals surface area contributed by atoms with Gasteiger partial charge in [0.1, 0.15) is 0 Å². The van der Waals surface area contributed by atoms with Gasteiger partial charge in [0.05, 0.1) is 14.2 Å². The Morgan fingerprint density at radius 1 is 1.31 bits per heavy atom. The maximum atomic E-state index is 10.8. The molecule has 0 aliphatic carbocycles. The molecule has 1 atom stereocenters. The average Bonchev–Trinajstić information content (AvgIpc) is 2.14. The third-order valence-electron chi connectivity index (χ3n) is 1.40. The molecule has 0 heterocycles. The monoisotopic (exact) mass is 188 g/mol. The van der Waals surface area contributed by atoms with E-state index in [1.165, 1.54) is 14.0 Å². The molecule has 0 aromatic carbocycles. The molecule has 0 saturated carbocycles. The summed E-state index contributed by atoms with van der Waals surface area (Å²) in [6, 6.07) is 0. The molecule has 13 heavy (non-hydrogen) atoms. The topological polar surface area (TPSA) is 72.8 Å². The fraction of sp³-hybridized carbons (Fsp3) is 0.500. The Kier molecular flexibility index (Phi) is 4.76. The van der Waals surface area contributed by atoms with Gasteiger partial charge < -0.3 is 14.6 Å². The Morgan fingerprint density at radius 3 is 2.23 bits per heavy atom. The molecular formula is C8H12O5. The van der Waals surface area contributed by atoms with Crippen LogP contribution in [0.4, 0.5) is 0 Å². The number of hydrogen-bond donors (Lipinski definition) is 1. The molecule has 0 bridgehead atoms. The summed E-state index contributed by atoms with van der Waals surface area (Å²) in [5, 5.41) is 9.18. The normalized spacial score (nSPS) is 13.4. The van der Waals surface area contributed by atoms with E-state index in [0.717, 1.165) is 13.2 Å². The fourth-order valence-corrected chi connectivity index (χ4v) is 0.621. The van der Waals surface area contributed by atoms with Gasteiger partial charge in [-0.05, 0) is 12.5 Å². The van der Waals surface area contributed by atoms with Crippen LogP contribution in [0.1, 0.15) is 6.92 Å². The van der Waals surface area contributed by atoms with Crippen LogP contribution in [0, 0.1) is 0 Å². The SMILES string of the molecule is COC(=O)C=C(C)C(O)C(=O)OC. The van der Waals surface area contributed by atoms with Crippen molar-refractivity contribution in [1.82, 2.24) is 0 Å². The van der Waals surface area contributed by atoms with E-state index < -0.39 is 18.0 Å². The summed E-state index contributed by atoms with van der Waals surface area (Å²) in [5.74, 6) is -1.43. The van der Waals surface area contributed by atoms with E-state index in [-0.39, 0.29) is 5.57 Å². The molecule has 0 aromatic heterocycles. The molecule has 5 nitrogen and oxygen atoms in total. The number of esters is 2. The van der Waals surface area contributed by atoms with Crippen molar-refractivity contribution in [2.24, 2.45) is 0 Å². The molecule has 0 saturated heterocycles. The van der Waals surface area contributed by atoms with E-state index in [1.54, 1.807) is 0 Å². The van der Waals surface area contributed by atoms with E-state index in [4.69, 9.17) is 0 Å². The first-order chi connectivity index (χ1) is 6.02. The quantitative estimate of drug-likeness (QED) is 0.483. The third kappa shape index (κ3) is 3.71. The fourth-order valence-electron chi connectivity index (χ4n) is 0.621. The van der Waals surface area contributed by atoms with Gasteiger partial charge in [0.2, 0.25) is 0 Å². The number of aliphatic hydroxyl groups is 1. The number of carbonyl (C=O) groups is 2. The summed E-state index contributed by atoms with van der Waals surface area (Å²) < 4.78 is 8.57. The highest BCUT2D eigenvalue weighted by Gasteiger charge is 2.17. The summed E-state index contributed by atoms with van der Waals surface area (Å²) in [6.07, 6.45) is -0.384. The number of ether oxygens (including phenoxy) is 2. The van der Waals surface area contributed by atoms with Crippen molar-refractivity contribution >= 4 is 11.9 Å². The molecule has 1 N–H and O–H groups in total. The second kappa shape index (κ2) is 5.31. The second-order valence-corrected chi connectivity index (χ2v) is 2.34. The van der Waals surface area contributed by atoms with Gasteiger partial charge in [-0.2, -0.15) is 0 Å². The maximum absolute atomic E-state index is 10.8. The van der Waals surface area contributed by atoms with E-state index in [9.17, 15) is 14.7 Å². The van der Waals surface area contributed by atoms with Gasteiger partial charge >= 0.3 is 11.9 Å². The molecule has 0 fully saturated rings. The Morgan fingerprint density at radius 2 is 1.85 bits per heavy atom. The van der Waals surface area contributed by atoms with E-state index in [1.807, 2.05) is 0 Å². The van der Waals surface area contributed by atoms with Crippen LogP contribution < -0.4 is 0 Å². The zero-order valence-corrected chi connectivity index (χ0v) is 7.73. The number of aliphatic hydroxyl groups excluding tert-OH is 1. The van der Waals surface area contributed by atoms with Gasteiger partial charge in [0, 0.05) is 6.08 Å². The highest BCUT2D eigenvalue weighted by molar-refractivity contribution is 5.85. The van der Waals surface area contributed by atoms with Crippen molar-refractivity contribution < 1.29 is 24.2 Å². The zero-order chi connectivity index (χ0) is 10.4. The predicted octanol–water partition coefficient (Wildman–Crippen LogP) is -0.360. The molecule has 0 spiro atoms. The van der Waals surface area contributed by atoms with Crippen LogP contribution >= 0.6 is 0 Å².